The third-order valence-electron chi connectivity index (χ3n) is 3.86. The average molecular weight is 407 g/mol. The van der Waals surface area contributed by atoms with Crippen LogP contribution in [0.3, 0.4) is 0 Å². The summed E-state index contributed by atoms with van der Waals surface area (Å²) in [5, 5.41) is 1.62. The van der Waals surface area contributed by atoms with Gasteiger partial charge in [0.15, 0.2) is 5.82 Å². The number of aromatic nitrogens is 3. The molecule has 0 atom stereocenters. The monoisotopic (exact) mass is 405 g/mol. The molecule has 0 amide bonds. The van der Waals surface area contributed by atoms with Crippen LogP contribution < -0.4 is 5.63 Å². The molecule has 0 aliphatic heterocycles. The van der Waals surface area contributed by atoms with E-state index in [4.69, 9.17) is 39.2 Å². The molecular formula is C18H10Cl3N3O2. The second kappa shape index (κ2) is 6.43. The zero-order chi connectivity index (χ0) is 18.4. The molecule has 0 aliphatic carbocycles. The van der Waals surface area contributed by atoms with Gasteiger partial charge in [0.2, 0.25) is 5.89 Å². The molecule has 0 unspecified atom stereocenters. The van der Waals surface area contributed by atoms with Gasteiger partial charge in [0.05, 0.1) is 20.9 Å². The Morgan fingerprint density at radius 2 is 1.92 bits per heavy atom. The Labute approximate surface area is 162 Å². The van der Waals surface area contributed by atoms with Gasteiger partial charge in [-0.25, -0.2) is 14.8 Å². The van der Waals surface area contributed by atoms with Gasteiger partial charge in [0.25, 0.3) is 0 Å². The molecule has 1 aromatic carbocycles. The Morgan fingerprint density at radius 3 is 2.69 bits per heavy atom. The van der Waals surface area contributed by atoms with Gasteiger partial charge < -0.3 is 4.42 Å². The number of hydrogen-bond acceptors (Lipinski definition) is 4. The first-order chi connectivity index (χ1) is 12.4. The quantitative estimate of drug-likeness (QED) is 0.452. The number of fused-ring (bicyclic) bond motifs is 1. The van der Waals surface area contributed by atoms with Crippen LogP contribution in [0.15, 0.2) is 51.9 Å². The van der Waals surface area contributed by atoms with Crippen LogP contribution in [0.5, 0.6) is 0 Å². The van der Waals surface area contributed by atoms with Crippen molar-refractivity contribution >= 4 is 45.7 Å². The first kappa shape index (κ1) is 17.1. The van der Waals surface area contributed by atoms with Gasteiger partial charge in [-0.1, -0.05) is 34.8 Å². The lowest BCUT2D eigenvalue weighted by Crippen LogP contribution is -2.06. The predicted octanol–water partition coefficient (Wildman–Crippen LogP) is 5.31. The van der Waals surface area contributed by atoms with Crippen LogP contribution in [0, 0.1) is 6.92 Å². The zero-order valence-electron chi connectivity index (χ0n) is 13.3. The third kappa shape index (κ3) is 2.88. The maximum Gasteiger partial charge on any atom is 0.347 e. The van der Waals surface area contributed by atoms with E-state index in [0.29, 0.717) is 37.5 Å². The summed E-state index contributed by atoms with van der Waals surface area (Å²) in [6, 6.07) is 8.33. The molecule has 0 saturated carbocycles. The fourth-order valence-electron chi connectivity index (χ4n) is 2.74. The van der Waals surface area contributed by atoms with Gasteiger partial charge >= 0.3 is 5.63 Å². The Kier molecular flexibility index (Phi) is 4.23. The van der Waals surface area contributed by atoms with Gasteiger partial charge in [-0.05, 0) is 42.8 Å². The Bertz CT molecular complexity index is 1210. The Balaban J connectivity index is 2.01. The molecule has 4 rings (SSSR count). The lowest BCUT2D eigenvalue weighted by molar-refractivity contribution is 0.514. The van der Waals surface area contributed by atoms with E-state index in [9.17, 15) is 4.79 Å². The van der Waals surface area contributed by atoms with E-state index in [1.54, 1.807) is 41.2 Å². The van der Waals surface area contributed by atoms with E-state index < -0.39 is 5.63 Å². The third-order valence-corrected chi connectivity index (χ3v) is 4.58. The number of benzene rings is 1. The maximum atomic E-state index is 12.4. The summed E-state index contributed by atoms with van der Waals surface area (Å²) < 4.78 is 7.06. The number of pyridine rings is 1. The average Bonchev–Trinajstić information content (AvgIpc) is 2.97. The van der Waals surface area contributed by atoms with Crippen molar-refractivity contribution in [2.75, 3.05) is 0 Å². The molecule has 4 aromatic rings. The highest BCUT2D eigenvalue weighted by Gasteiger charge is 2.18. The topological polar surface area (TPSA) is 60.9 Å². The number of hydrogen-bond donors (Lipinski definition) is 0. The molecular weight excluding hydrogens is 397 g/mol. The minimum Gasteiger partial charge on any atom is -0.401 e. The second-order valence-electron chi connectivity index (χ2n) is 5.65. The van der Waals surface area contributed by atoms with E-state index in [2.05, 4.69) is 9.97 Å². The van der Waals surface area contributed by atoms with Crippen molar-refractivity contribution < 1.29 is 4.42 Å². The summed E-state index contributed by atoms with van der Waals surface area (Å²) in [7, 11) is 0. The van der Waals surface area contributed by atoms with Gasteiger partial charge in [0.1, 0.15) is 5.69 Å². The van der Waals surface area contributed by atoms with Gasteiger partial charge in [-0.2, -0.15) is 0 Å². The van der Waals surface area contributed by atoms with Crippen LogP contribution in [0.2, 0.25) is 15.1 Å². The highest BCUT2D eigenvalue weighted by molar-refractivity contribution is 6.32. The highest BCUT2D eigenvalue weighted by atomic mass is 35.5. The number of nitrogens with zero attached hydrogens (tertiary/aromatic N) is 3. The maximum absolute atomic E-state index is 12.4. The number of aryl methyl sites for hydroxylation is 1. The van der Waals surface area contributed by atoms with Gasteiger partial charge in [-0.3, -0.25) is 4.57 Å². The van der Waals surface area contributed by atoms with E-state index in [1.165, 1.54) is 6.07 Å². The standard InChI is InChI=1S/C18H10Cl3N3O2/c1-9-5-10(19)6-12-15(9)23-17(26-18(12)25)14-7-11(20)8-24(14)16-13(21)3-2-4-22-16/h2-8H,1H3. The smallest absolute Gasteiger partial charge is 0.347 e. The summed E-state index contributed by atoms with van der Waals surface area (Å²) in [4.78, 5) is 21.2. The van der Waals surface area contributed by atoms with Crippen molar-refractivity contribution in [1.82, 2.24) is 14.5 Å². The summed E-state index contributed by atoms with van der Waals surface area (Å²) >= 11 is 18.4. The van der Waals surface area contributed by atoms with Crippen molar-refractivity contribution in [2.24, 2.45) is 0 Å². The molecule has 0 N–H and O–H groups in total. The van der Waals surface area contributed by atoms with Crippen molar-refractivity contribution in [3.05, 3.63) is 73.8 Å². The van der Waals surface area contributed by atoms with Crippen LogP contribution in [-0.2, 0) is 0 Å². The Hall–Kier alpha value is -2.34. The van der Waals surface area contributed by atoms with Crippen LogP contribution in [0.1, 0.15) is 5.56 Å². The molecule has 3 aromatic heterocycles. The molecule has 0 fully saturated rings. The van der Waals surface area contributed by atoms with Crippen LogP contribution >= 0.6 is 34.8 Å². The van der Waals surface area contributed by atoms with E-state index >= 15 is 0 Å². The molecule has 3 heterocycles. The minimum atomic E-state index is -0.536. The fourth-order valence-corrected chi connectivity index (χ4v) is 3.43. The van der Waals surface area contributed by atoms with E-state index in [0.717, 1.165) is 5.56 Å². The zero-order valence-corrected chi connectivity index (χ0v) is 15.6. The molecule has 130 valence electrons. The largest absolute Gasteiger partial charge is 0.401 e. The molecule has 0 saturated heterocycles. The molecule has 26 heavy (non-hydrogen) atoms. The Morgan fingerprint density at radius 1 is 1.12 bits per heavy atom. The molecule has 0 bridgehead atoms. The van der Waals surface area contributed by atoms with Crippen molar-refractivity contribution in [2.45, 2.75) is 6.92 Å². The van der Waals surface area contributed by atoms with Crippen LogP contribution in [0.4, 0.5) is 0 Å². The fraction of sp³-hybridized carbons (Fsp3) is 0.0556. The summed E-state index contributed by atoms with van der Waals surface area (Å²) in [5.74, 6) is 0.565. The lowest BCUT2D eigenvalue weighted by Gasteiger charge is -2.09. The van der Waals surface area contributed by atoms with Crippen molar-refractivity contribution in [1.29, 1.82) is 0 Å². The highest BCUT2D eigenvalue weighted by Crippen LogP contribution is 2.30. The minimum absolute atomic E-state index is 0.113. The molecule has 0 radical (unpaired) electrons. The predicted molar refractivity (Wildman–Crippen MR) is 103 cm³/mol. The first-order valence-electron chi connectivity index (χ1n) is 7.54. The normalized spacial score (nSPS) is 11.2. The number of rotatable bonds is 2. The molecule has 5 nitrogen and oxygen atoms in total. The second-order valence-corrected chi connectivity index (χ2v) is 6.93. The molecule has 0 aliphatic rings. The van der Waals surface area contributed by atoms with E-state index in [-0.39, 0.29) is 5.89 Å². The van der Waals surface area contributed by atoms with Gasteiger partial charge in [0, 0.05) is 17.4 Å². The molecule has 0 spiro atoms. The van der Waals surface area contributed by atoms with Gasteiger partial charge in [-0.15, -0.1) is 0 Å². The summed E-state index contributed by atoms with van der Waals surface area (Å²) in [5.41, 5.74) is 1.20. The lowest BCUT2D eigenvalue weighted by atomic mass is 10.1. The summed E-state index contributed by atoms with van der Waals surface area (Å²) in [6.45, 7) is 1.83. The van der Waals surface area contributed by atoms with E-state index in [1.807, 2.05) is 6.92 Å². The first-order valence-corrected chi connectivity index (χ1v) is 8.67. The molecule has 8 heteroatoms. The van der Waals surface area contributed by atoms with Crippen molar-refractivity contribution in [3.63, 3.8) is 0 Å². The summed E-state index contributed by atoms with van der Waals surface area (Å²) in [6.07, 6.45) is 3.24. The van der Waals surface area contributed by atoms with Crippen LogP contribution in [-0.4, -0.2) is 14.5 Å². The SMILES string of the molecule is Cc1cc(Cl)cc2c(=O)oc(-c3cc(Cl)cn3-c3ncccc3Cl)nc12. The van der Waals surface area contributed by atoms with Crippen LogP contribution in [0.25, 0.3) is 28.3 Å². The van der Waals surface area contributed by atoms with Crippen molar-refractivity contribution in [3.8, 4) is 17.4 Å². The number of halogens is 3.